The highest BCUT2D eigenvalue weighted by Gasteiger charge is 2.06. The number of hydrogen-bond acceptors (Lipinski definition) is 4. The maximum Gasteiger partial charge on any atom is 0.142 e. The van der Waals surface area contributed by atoms with E-state index in [-0.39, 0.29) is 5.84 Å². The summed E-state index contributed by atoms with van der Waals surface area (Å²) in [4.78, 5) is 4.12. The number of aromatic nitrogens is 1. The van der Waals surface area contributed by atoms with Gasteiger partial charge in [-0.25, -0.2) is 0 Å². The molecule has 2 heterocycles. The summed E-state index contributed by atoms with van der Waals surface area (Å²) in [5.41, 5.74) is 7.07. The Balaban J connectivity index is 2.12. The molecule has 0 aliphatic carbocycles. The van der Waals surface area contributed by atoms with Crippen molar-refractivity contribution >= 4 is 28.9 Å². The van der Waals surface area contributed by atoms with Gasteiger partial charge in [0.25, 0.3) is 0 Å². The minimum atomic E-state index is 0.0300. The van der Waals surface area contributed by atoms with Gasteiger partial charge in [0.15, 0.2) is 0 Å². The van der Waals surface area contributed by atoms with Crippen molar-refractivity contribution < 1.29 is 0 Å². The molecular weight excluding hydrogens is 238 g/mol. The lowest BCUT2D eigenvalue weighted by Gasteiger charge is -2.05. The zero-order valence-electron chi connectivity index (χ0n) is 8.51. The molecule has 3 nitrogen and oxygen atoms in total. The third-order valence-corrected chi connectivity index (χ3v) is 4.19. The van der Waals surface area contributed by atoms with Crippen LogP contribution in [0.4, 0.5) is 0 Å². The Labute approximate surface area is 102 Å². The van der Waals surface area contributed by atoms with Gasteiger partial charge in [0.1, 0.15) is 11.5 Å². The van der Waals surface area contributed by atoms with Crippen LogP contribution in [0.25, 0.3) is 0 Å². The van der Waals surface area contributed by atoms with Crippen molar-refractivity contribution in [2.75, 3.05) is 0 Å². The van der Waals surface area contributed by atoms with Crippen molar-refractivity contribution in [2.24, 2.45) is 5.73 Å². The second-order valence-electron chi connectivity index (χ2n) is 3.15. The fourth-order valence-electron chi connectivity index (χ4n) is 1.29. The SMILES string of the molecule is N=C(N)c1ncccc1CSc1cccs1. The standard InChI is InChI=1S/C11H11N3S2/c12-11(13)10-8(3-1-5-14-10)7-16-9-4-2-6-15-9/h1-6H,7H2,(H3,12,13). The molecule has 0 unspecified atom stereocenters. The van der Waals surface area contributed by atoms with Crippen LogP contribution in [0.5, 0.6) is 0 Å². The van der Waals surface area contributed by atoms with E-state index >= 15 is 0 Å². The van der Waals surface area contributed by atoms with Crippen molar-refractivity contribution in [3.05, 3.63) is 47.1 Å². The minimum absolute atomic E-state index is 0.0300. The highest BCUT2D eigenvalue weighted by molar-refractivity contribution is 8.00. The third kappa shape index (κ3) is 2.62. The molecule has 0 aliphatic heterocycles. The Morgan fingerprint density at radius 3 is 3.00 bits per heavy atom. The van der Waals surface area contributed by atoms with Crippen molar-refractivity contribution in [1.29, 1.82) is 5.41 Å². The second kappa shape index (κ2) is 5.14. The summed E-state index contributed by atoms with van der Waals surface area (Å²) >= 11 is 3.45. The molecule has 2 aromatic heterocycles. The van der Waals surface area contributed by atoms with Gasteiger partial charge in [-0.15, -0.1) is 23.1 Å². The van der Waals surface area contributed by atoms with E-state index < -0.39 is 0 Å². The number of rotatable bonds is 4. The molecule has 2 aromatic rings. The molecule has 0 bridgehead atoms. The van der Waals surface area contributed by atoms with E-state index in [1.165, 1.54) is 4.21 Å². The third-order valence-electron chi connectivity index (χ3n) is 2.01. The first-order valence-corrected chi connectivity index (χ1v) is 6.58. The molecule has 0 radical (unpaired) electrons. The highest BCUT2D eigenvalue weighted by Crippen LogP contribution is 2.27. The minimum Gasteiger partial charge on any atom is -0.382 e. The predicted molar refractivity (Wildman–Crippen MR) is 69.1 cm³/mol. The lowest BCUT2D eigenvalue weighted by Crippen LogP contribution is -2.15. The zero-order valence-corrected chi connectivity index (χ0v) is 10.1. The van der Waals surface area contributed by atoms with Crippen LogP contribution in [0, 0.1) is 5.41 Å². The van der Waals surface area contributed by atoms with E-state index in [1.807, 2.05) is 18.2 Å². The summed E-state index contributed by atoms with van der Waals surface area (Å²) in [6.45, 7) is 0. The largest absolute Gasteiger partial charge is 0.382 e. The zero-order chi connectivity index (χ0) is 11.4. The number of nitrogens with zero attached hydrogens (tertiary/aromatic N) is 1. The van der Waals surface area contributed by atoms with Crippen LogP contribution in [-0.4, -0.2) is 10.8 Å². The summed E-state index contributed by atoms with van der Waals surface area (Å²) in [6.07, 6.45) is 1.66. The van der Waals surface area contributed by atoms with Crippen LogP contribution >= 0.6 is 23.1 Å². The van der Waals surface area contributed by atoms with Gasteiger partial charge in [-0.2, -0.15) is 0 Å². The normalized spacial score (nSPS) is 10.2. The molecule has 0 fully saturated rings. The number of nitrogens with two attached hydrogens (primary N) is 1. The van der Waals surface area contributed by atoms with Gasteiger partial charge in [0, 0.05) is 11.9 Å². The lowest BCUT2D eigenvalue weighted by atomic mass is 10.2. The van der Waals surface area contributed by atoms with E-state index in [1.54, 1.807) is 29.3 Å². The summed E-state index contributed by atoms with van der Waals surface area (Å²) < 4.78 is 1.26. The molecule has 3 N–H and O–H groups in total. The lowest BCUT2D eigenvalue weighted by molar-refractivity contribution is 1.19. The Kier molecular flexibility index (Phi) is 3.58. The average molecular weight is 249 g/mol. The van der Waals surface area contributed by atoms with Crippen molar-refractivity contribution in [3.63, 3.8) is 0 Å². The molecule has 82 valence electrons. The molecule has 16 heavy (non-hydrogen) atoms. The van der Waals surface area contributed by atoms with Gasteiger partial charge < -0.3 is 5.73 Å². The van der Waals surface area contributed by atoms with Crippen molar-refractivity contribution in [3.8, 4) is 0 Å². The van der Waals surface area contributed by atoms with E-state index in [9.17, 15) is 0 Å². The molecule has 0 saturated carbocycles. The van der Waals surface area contributed by atoms with Crippen LogP contribution in [0.1, 0.15) is 11.3 Å². The van der Waals surface area contributed by atoms with E-state index in [0.29, 0.717) is 5.69 Å². The number of pyridine rings is 1. The van der Waals surface area contributed by atoms with Gasteiger partial charge in [0.2, 0.25) is 0 Å². The van der Waals surface area contributed by atoms with E-state index in [0.717, 1.165) is 11.3 Å². The van der Waals surface area contributed by atoms with Gasteiger partial charge in [0.05, 0.1) is 4.21 Å². The molecule has 0 amide bonds. The van der Waals surface area contributed by atoms with Crippen LogP contribution < -0.4 is 5.73 Å². The molecule has 5 heteroatoms. The molecular formula is C11H11N3S2. The van der Waals surface area contributed by atoms with Crippen LogP contribution in [0.3, 0.4) is 0 Å². The summed E-state index contributed by atoms with van der Waals surface area (Å²) in [6, 6.07) is 7.95. The first-order chi connectivity index (χ1) is 7.77. The van der Waals surface area contributed by atoms with E-state index in [2.05, 4.69) is 16.4 Å². The summed E-state index contributed by atoms with van der Waals surface area (Å²) in [5.74, 6) is 0.825. The number of nitrogens with one attached hydrogen (secondary N) is 1. The first-order valence-electron chi connectivity index (χ1n) is 4.72. The number of hydrogen-bond donors (Lipinski definition) is 2. The Morgan fingerprint density at radius 1 is 1.44 bits per heavy atom. The molecule has 0 spiro atoms. The van der Waals surface area contributed by atoms with E-state index in [4.69, 9.17) is 11.1 Å². The monoisotopic (exact) mass is 249 g/mol. The van der Waals surface area contributed by atoms with Crippen LogP contribution in [0.15, 0.2) is 40.1 Å². The molecule has 2 rings (SSSR count). The van der Waals surface area contributed by atoms with Crippen LogP contribution in [-0.2, 0) is 5.75 Å². The van der Waals surface area contributed by atoms with Crippen molar-refractivity contribution in [1.82, 2.24) is 4.98 Å². The fourth-order valence-corrected chi connectivity index (χ4v) is 3.06. The second-order valence-corrected chi connectivity index (χ2v) is 5.37. The van der Waals surface area contributed by atoms with Crippen LogP contribution in [0.2, 0.25) is 0 Å². The smallest absolute Gasteiger partial charge is 0.142 e. The van der Waals surface area contributed by atoms with Gasteiger partial charge in [-0.1, -0.05) is 12.1 Å². The molecule has 0 saturated heterocycles. The predicted octanol–water partition coefficient (Wildman–Crippen LogP) is 2.72. The molecule has 0 atom stereocenters. The Bertz CT molecular complexity index is 480. The highest BCUT2D eigenvalue weighted by atomic mass is 32.2. The number of nitrogen functional groups attached to an aromatic ring is 1. The average Bonchev–Trinajstić information content (AvgIpc) is 2.79. The number of thiophene rings is 1. The molecule has 0 aliphatic rings. The topological polar surface area (TPSA) is 62.8 Å². The van der Waals surface area contributed by atoms with Gasteiger partial charge >= 0.3 is 0 Å². The maximum atomic E-state index is 7.44. The summed E-state index contributed by atoms with van der Waals surface area (Å²) in [7, 11) is 0. The van der Waals surface area contributed by atoms with Gasteiger partial charge in [-0.3, -0.25) is 10.4 Å². The fraction of sp³-hybridized carbons (Fsp3) is 0.0909. The number of thioether (sulfide) groups is 1. The van der Waals surface area contributed by atoms with Crippen molar-refractivity contribution in [2.45, 2.75) is 9.96 Å². The Hall–Kier alpha value is -1.33. The first kappa shape index (κ1) is 11.2. The quantitative estimate of drug-likeness (QED) is 0.497. The Morgan fingerprint density at radius 2 is 2.31 bits per heavy atom. The number of amidine groups is 1. The maximum absolute atomic E-state index is 7.44. The molecule has 0 aromatic carbocycles. The van der Waals surface area contributed by atoms with Gasteiger partial charge in [-0.05, 0) is 23.1 Å². The summed E-state index contributed by atoms with van der Waals surface area (Å²) in [5, 5.41) is 9.49.